The monoisotopic (exact) mass is 285 g/mol. The molecule has 0 aromatic heterocycles. The van der Waals surface area contributed by atoms with Gasteiger partial charge < -0.3 is 5.32 Å². The van der Waals surface area contributed by atoms with E-state index in [-0.39, 0.29) is 16.6 Å². The lowest BCUT2D eigenvalue weighted by Gasteiger charge is -2.27. The Balaban J connectivity index is 2.41. The van der Waals surface area contributed by atoms with E-state index < -0.39 is 14.9 Å². The SMILES string of the molecule is Cc1cc(S(=O)(=O)NC2CNC2)cc([N+](=O)[O-])c1C. The number of aryl methyl sites for hydroxylation is 1. The summed E-state index contributed by atoms with van der Waals surface area (Å²) in [6.45, 7) is 4.41. The van der Waals surface area contributed by atoms with Crippen LogP contribution in [0.25, 0.3) is 0 Å². The van der Waals surface area contributed by atoms with E-state index in [9.17, 15) is 18.5 Å². The maximum atomic E-state index is 12.1. The molecule has 2 rings (SSSR count). The van der Waals surface area contributed by atoms with Crippen molar-refractivity contribution < 1.29 is 13.3 Å². The second-order valence-electron chi connectivity index (χ2n) is 4.62. The standard InChI is InChI=1S/C11H15N3O4S/c1-7-3-10(4-11(8(7)2)14(15)16)19(17,18)13-9-5-12-6-9/h3-4,9,12-13H,5-6H2,1-2H3. The number of nitro benzene ring substituents is 1. The van der Waals surface area contributed by atoms with Crippen LogP contribution in [0.15, 0.2) is 17.0 Å². The van der Waals surface area contributed by atoms with Gasteiger partial charge in [0.2, 0.25) is 10.0 Å². The van der Waals surface area contributed by atoms with Crippen LogP contribution < -0.4 is 10.0 Å². The van der Waals surface area contributed by atoms with E-state index in [1.807, 2.05) is 0 Å². The second kappa shape index (κ2) is 4.87. The summed E-state index contributed by atoms with van der Waals surface area (Å²) in [5.41, 5.74) is 0.891. The highest BCUT2D eigenvalue weighted by molar-refractivity contribution is 7.89. The Morgan fingerprint density at radius 1 is 1.37 bits per heavy atom. The summed E-state index contributed by atoms with van der Waals surface area (Å²) in [7, 11) is -3.71. The summed E-state index contributed by atoms with van der Waals surface area (Å²) in [4.78, 5) is 10.3. The number of rotatable bonds is 4. The second-order valence-corrected chi connectivity index (χ2v) is 6.33. The Bertz CT molecular complexity index is 623. The molecule has 0 aliphatic carbocycles. The van der Waals surface area contributed by atoms with Gasteiger partial charge in [0.25, 0.3) is 5.69 Å². The van der Waals surface area contributed by atoms with Gasteiger partial charge in [0.05, 0.1) is 9.82 Å². The van der Waals surface area contributed by atoms with Crippen LogP contribution in [-0.4, -0.2) is 32.5 Å². The van der Waals surface area contributed by atoms with Crippen molar-refractivity contribution in [3.05, 3.63) is 33.4 Å². The maximum Gasteiger partial charge on any atom is 0.273 e. The Morgan fingerprint density at radius 2 is 2.00 bits per heavy atom. The molecule has 1 saturated heterocycles. The van der Waals surface area contributed by atoms with Crippen LogP contribution in [0.4, 0.5) is 5.69 Å². The Morgan fingerprint density at radius 3 is 2.47 bits per heavy atom. The van der Waals surface area contributed by atoms with Crippen molar-refractivity contribution in [2.45, 2.75) is 24.8 Å². The topological polar surface area (TPSA) is 101 Å². The van der Waals surface area contributed by atoms with E-state index in [1.54, 1.807) is 13.8 Å². The number of nitrogens with zero attached hydrogens (tertiary/aromatic N) is 1. The van der Waals surface area contributed by atoms with E-state index in [2.05, 4.69) is 10.0 Å². The van der Waals surface area contributed by atoms with Crippen molar-refractivity contribution in [3.8, 4) is 0 Å². The summed E-state index contributed by atoms with van der Waals surface area (Å²) in [5.74, 6) is 0. The molecule has 104 valence electrons. The molecule has 0 radical (unpaired) electrons. The molecule has 19 heavy (non-hydrogen) atoms. The van der Waals surface area contributed by atoms with Crippen LogP contribution in [0.1, 0.15) is 11.1 Å². The molecule has 0 spiro atoms. The van der Waals surface area contributed by atoms with Crippen LogP contribution in [0, 0.1) is 24.0 Å². The summed E-state index contributed by atoms with van der Waals surface area (Å²) in [5, 5.41) is 13.9. The molecule has 1 aliphatic rings. The summed E-state index contributed by atoms with van der Waals surface area (Å²) in [6, 6.07) is 2.42. The highest BCUT2D eigenvalue weighted by Gasteiger charge is 2.26. The number of hydrogen-bond acceptors (Lipinski definition) is 5. The molecule has 7 nitrogen and oxygen atoms in total. The van der Waals surface area contributed by atoms with Crippen molar-refractivity contribution >= 4 is 15.7 Å². The minimum absolute atomic E-state index is 0.0609. The predicted molar refractivity (Wildman–Crippen MR) is 69.5 cm³/mol. The van der Waals surface area contributed by atoms with Gasteiger partial charge in [-0.25, -0.2) is 13.1 Å². The normalized spacial score (nSPS) is 16.1. The molecular formula is C11H15N3O4S. The van der Waals surface area contributed by atoms with Crippen molar-refractivity contribution in [2.75, 3.05) is 13.1 Å². The minimum Gasteiger partial charge on any atom is -0.313 e. The molecule has 0 unspecified atom stereocenters. The first-order chi connectivity index (χ1) is 8.81. The molecule has 8 heteroatoms. The van der Waals surface area contributed by atoms with E-state index in [0.717, 1.165) is 6.07 Å². The smallest absolute Gasteiger partial charge is 0.273 e. The average molecular weight is 285 g/mol. The summed E-state index contributed by atoms with van der Waals surface area (Å²) >= 11 is 0. The molecule has 1 aromatic rings. The lowest BCUT2D eigenvalue weighted by molar-refractivity contribution is -0.385. The largest absolute Gasteiger partial charge is 0.313 e. The Hall–Kier alpha value is -1.51. The quantitative estimate of drug-likeness (QED) is 0.618. The third kappa shape index (κ3) is 2.75. The Labute approximate surface area is 111 Å². The average Bonchev–Trinajstić information content (AvgIpc) is 2.26. The van der Waals surface area contributed by atoms with E-state index in [1.165, 1.54) is 6.07 Å². The first-order valence-electron chi connectivity index (χ1n) is 5.80. The highest BCUT2D eigenvalue weighted by atomic mass is 32.2. The van der Waals surface area contributed by atoms with E-state index >= 15 is 0 Å². The molecule has 0 bridgehead atoms. The molecule has 0 atom stereocenters. The molecular weight excluding hydrogens is 270 g/mol. The summed E-state index contributed by atoms with van der Waals surface area (Å²) < 4.78 is 26.7. The fourth-order valence-electron chi connectivity index (χ4n) is 1.81. The number of sulfonamides is 1. The van der Waals surface area contributed by atoms with Crippen LogP contribution >= 0.6 is 0 Å². The third-order valence-electron chi connectivity index (χ3n) is 3.22. The molecule has 0 amide bonds. The van der Waals surface area contributed by atoms with E-state index in [0.29, 0.717) is 24.2 Å². The van der Waals surface area contributed by atoms with Gasteiger partial charge in [-0.05, 0) is 25.5 Å². The Kier molecular flexibility index (Phi) is 3.57. The van der Waals surface area contributed by atoms with Gasteiger partial charge in [-0.3, -0.25) is 10.1 Å². The summed E-state index contributed by atoms with van der Waals surface area (Å²) in [6.07, 6.45) is 0. The molecule has 2 N–H and O–H groups in total. The number of benzene rings is 1. The van der Waals surface area contributed by atoms with Crippen molar-refractivity contribution in [1.29, 1.82) is 0 Å². The van der Waals surface area contributed by atoms with Gasteiger partial charge in [-0.1, -0.05) is 0 Å². The zero-order valence-corrected chi connectivity index (χ0v) is 11.5. The third-order valence-corrected chi connectivity index (χ3v) is 4.72. The van der Waals surface area contributed by atoms with Crippen LogP contribution in [0.3, 0.4) is 0 Å². The van der Waals surface area contributed by atoms with Crippen molar-refractivity contribution in [1.82, 2.24) is 10.0 Å². The van der Waals surface area contributed by atoms with Gasteiger partial charge in [0.1, 0.15) is 0 Å². The van der Waals surface area contributed by atoms with Gasteiger partial charge in [0.15, 0.2) is 0 Å². The van der Waals surface area contributed by atoms with Crippen LogP contribution in [-0.2, 0) is 10.0 Å². The van der Waals surface area contributed by atoms with Crippen LogP contribution in [0.2, 0.25) is 0 Å². The fourth-order valence-corrected chi connectivity index (χ4v) is 3.15. The fraction of sp³-hybridized carbons (Fsp3) is 0.455. The van der Waals surface area contributed by atoms with E-state index in [4.69, 9.17) is 0 Å². The van der Waals surface area contributed by atoms with Gasteiger partial charge in [-0.2, -0.15) is 0 Å². The van der Waals surface area contributed by atoms with Gasteiger partial charge in [-0.15, -0.1) is 0 Å². The molecule has 1 aromatic carbocycles. The molecule has 1 heterocycles. The molecule has 1 aliphatic heterocycles. The molecule has 0 saturated carbocycles. The van der Waals surface area contributed by atoms with Crippen molar-refractivity contribution in [3.63, 3.8) is 0 Å². The number of hydrogen-bond donors (Lipinski definition) is 2. The predicted octanol–water partition coefficient (Wildman–Crippen LogP) is 0.462. The lowest BCUT2D eigenvalue weighted by atomic mass is 10.1. The maximum absolute atomic E-state index is 12.1. The first-order valence-corrected chi connectivity index (χ1v) is 7.28. The number of nitro groups is 1. The highest BCUT2D eigenvalue weighted by Crippen LogP contribution is 2.25. The first kappa shape index (κ1) is 13.9. The van der Waals surface area contributed by atoms with Gasteiger partial charge >= 0.3 is 0 Å². The minimum atomic E-state index is -3.71. The number of nitrogens with one attached hydrogen (secondary N) is 2. The zero-order valence-electron chi connectivity index (χ0n) is 10.6. The van der Waals surface area contributed by atoms with Gasteiger partial charge in [0, 0.05) is 30.8 Å². The lowest BCUT2D eigenvalue weighted by Crippen LogP contribution is -2.56. The molecule has 1 fully saturated rings. The van der Waals surface area contributed by atoms with Crippen molar-refractivity contribution in [2.24, 2.45) is 0 Å². The van der Waals surface area contributed by atoms with Crippen LogP contribution in [0.5, 0.6) is 0 Å². The zero-order chi connectivity index (χ0) is 14.2.